The van der Waals surface area contributed by atoms with Crippen LogP contribution in [0.2, 0.25) is 0 Å². The SMILES string of the molecule is Brc1cc(Br)c(Oc2ccnnn2)c(Br)c1.O=C1C=C(N2CC2)C(=O)C(N2CC2)=C1N1CC1. The number of hydrogen-bond acceptors (Lipinski definition) is 9. The first-order valence-electron chi connectivity index (χ1n) is 10.2. The standard InChI is InChI=1S/C12H13N3O2.C9H4Br3N3O/c16-9-7-8(13-1-2-13)12(17)11(15-5-6-15)10(9)14-3-4-14;10-5-3-6(11)9(7(12)4-5)16-8-1-2-13-15-14-8/h7H,1-6H2;1-4H. The van der Waals surface area contributed by atoms with E-state index in [2.05, 4.69) is 63.2 Å². The van der Waals surface area contributed by atoms with Gasteiger partial charge in [-0.2, -0.15) is 0 Å². The Morgan fingerprint density at radius 2 is 1.45 bits per heavy atom. The molecule has 0 radical (unpaired) electrons. The van der Waals surface area contributed by atoms with Crippen LogP contribution in [0.4, 0.5) is 0 Å². The van der Waals surface area contributed by atoms with E-state index in [1.165, 1.54) is 12.3 Å². The third-order valence-electron chi connectivity index (χ3n) is 5.14. The lowest BCUT2D eigenvalue weighted by Crippen LogP contribution is -2.29. The minimum Gasteiger partial charge on any atom is -0.435 e. The molecule has 0 atom stereocenters. The molecule has 0 spiro atoms. The molecule has 0 N–H and O–H groups in total. The zero-order chi connectivity index (χ0) is 23.1. The molecule has 0 bridgehead atoms. The average Bonchev–Trinajstić information content (AvgIpc) is 3.63. The van der Waals surface area contributed by atoms with E-state index >= 15 is 0 Å². The third kappa shape index (κ3) is 5.12. The zero-order valence-electron chi connectivity index (χ0n) is 17.2. The van der Waals surface area contributed by atoms with Crippen LogP contribution >= 0.6 is 47.8 Å². The number of halogens is 3. The van der Waals surface area contributed by atoms with Crippen molar-refractivity contribution in [3.63, 3.8) is 0 Å². The Labute approximate surface area is 214 Å². The maximum Gasteiger partial charge on any atom is 0.242 e. The number of carbonyl (C=O) groups excluding carboxylic acids is 2. The molecule has 1 aliphatic carbocycles. The van der Waals surface area contributed by atoms with Crippen LogP contribution in [-0.4, -0.2) is 80.9 Å². The lowest BCUT2D eigenvalue weighted by Gasteiger charge is -2.21. The fraction of sp³-hybridized carbons (Fsp3) is 0.286. The highest BCUT2D eigenvalue weighted by Gasteiger charge is 2.43. The summed E-state index contributed by atoms with van der Waals surface area (Å²) in [7, 11) is 0. The van der Waals surface area contributed by atoms with Gasteiger partial charge in [0.05, 0.1) is 20.8 Å². The first-order valence-corrected chi connectivity index (χ1v) is 12.6. The van der Waals surface area contributed by atoms with Crippen LogP contribution in [-0.2, 0) is 9.59 Å². The van der Waals surface area contributed by atoms with Crippen molar-refractivity contribution in [1.29, 1.82) is 0 Å². The summed E-state index contributed by atoms with van der Waals surface area (Å²) in [5.41, 5.74) is 1.89. The number of allylic oxidation sites excluding steroid dienone is 1. The van der Waals surface area contributed by atoms with Crippen molar-refractivity contribution in [3.05, 3.63) is 61.0 Å². The number of benzene rings is 1. The van der Waals surface area contributed by atoms with Crippen molar-refractivity contribution in [3.8, 4) is 11.6 Å². The summed E-state index contributed by atoms with van der Waals surface area (Å²) in [5.74, 6) is 1.08. The van der Waals surface area contributed by atoms with Crippen molar-refractivity contribution >= 4 is 59.4 Å². The lowest BCUT2D eigenvalue weighted by atomic mass is 10.0. The number of rotatable bonds is 5. The fourth-order valence-electron chi connectivity index (χ4n) is 3.29. The molecule has 4 aliphatic rings. The summed E-state index contributed by atoms with van der Waals surface area (Å²) >= 11 is 10.2. The maximum atomic E-state index is 12.4. The van der Waals surface area contributed by atoms with Gasteiger partial charge in [0.1, 0.15) is 11.4 Å². The van der Waals surface area contributed by atoms with Crippen molar-refractivity contribution in [2.45, 2.75) is 0 Å². The summed E-state index contributed by atoms with van der Waals surface area (Å²) < 4.78 is 8.14. The Hall–Kier alpha value is -2.31. The fourth-order valence-corrected chi connectivity index (χ4v) is 5.71. The van der Waals surface area contributed by atoms with Crippen LogP contribution in [0.15, 0.2) is 61.0 Å². The van der Waals surface area contributed by atoms with E-state index < -0.39 is 0 Å². The van der Waals surface area contributed by atoms with Crippen molar-refractivity contribution < 1.29 is 14.3 Å². The Kier molecular flexibility index (Phi) is 6.23. The molecule has 4 heterocycles. The van der Waals surface area contributed by atoms with Gasteiger partial charge in [0.2, 0.25) is 17.4 Å². The van der Waals surface area contributed by atoms with Gasteiger partial charge in [0.15, 0.2) is 5.75 Å². The molecule has 1 aromatic heterocycles. The van der Waals surface area contributed by atoms with Crippen molar-refractivity contribution in [1.82, 2.24) is 30.1 Å². The smallest absolute Gasteiger partial charge is 0.242 e. The van der Waals surface area contributed by atoms with E-state index in [9.17, 15) is 9.59 Å². The highest BCUT2D eigenvalue weighted by molar-refractivity contribution is 9.11. The summed E-state index contributed by atoms with van der Waals surface area (Å²) in [5, 5.41) is 10.8. The molecular weight excluding hydrogens is 624 g/mol. The molecule has 0 amide bonds. The molecule has 3 fully saturated rings. The molecule has 9 nitrogen and oxygen atoms in total. The van der Waals surface area contributed by atoms with Crippen LogP contribution in [0.3, 0.4) is 0 Å². The minimum atomic E-state index is 0.00546. The monoisotopic (exact) mass is 638 g/mol. The van der Waals surface area contributed by atoms with Gasteiger partial charge in [-0.1, -0.05) is 21.0 Å². The Morgan fingerprint density at radius 3 is 2.00 bits per heavy atom. The van der Waals surface area contributed by atoms with Crippen molar-refractivity contribution in [2.24, 2.45) is 0 Å². The summed E-state index contributed by atoms with van der Waals surface area (Å²) in [6.45, 7) is 5.41. The van der Waals surface area contributed by atoms with E-state index in [0.29, 0.717) is 28.7 Å². The second-order valence-electron chi connectivity index (χ2n) is 7.64. The number of ether oxygens (including phenoxy) is 1. The highest BCUT2D eigenvalue weighted by Crippen LogP contribution is 2.38. The number of Topliss-reactive ketones (excluding diaryl/α,β-unsaturated/α-hetero) is 1. The molecule has 6 rings (SSSR count). The van der Waals surface area contributed by atoms with Crippen molar-refractivity contribution in [2.75, 3.05) is 39.3 Å². The molecule has 3 saturated heterocycles. The summed E-state index contributed by atoms with van der Waals surface area (Å²) in [6, 6.07) is 5.40. The van der Waals surface area contributed by atoms with E-state index in [1.54, 1.807) is 6.07 Å². The van der Waals surface area contributed by atoms with Crippen LogP contribution in [0, 0.1) is 0 Å². The van der Waals surface area contributed by atoms with E-state index in [4.69, 9.17) is 4.74 Å². The minimum absolute atomic E-state index is 0.00546. The number of carbonyl (C=O) groups is 2. The predicted molar refractivity (Wildman–Crippen MR) is 129 cm³/mol. The van der Waals surface area contributed by atoms with Crippen LogP contribution in [0.5, 0.6) is 11.6 Å². The molecule has 12 heteroatoms. The van der Waals surface area contributed by atoms with Gasteiger partial charge < -0.3 is 19.4 Å². The van der Waals surface area contributed by atoms with Gasteiger partial charge in [-0.25, -0.2) is 0 Å². The topological polar surface area (TPSA) is 91.1 Å². The lowest BCUT2D eigenvalue weighted by molar-refractivity contribution is -0.117. The number of ketones is 2. The van der Waals surface area contributed by atoms with E-state index in [1.807, 2.05) is 26.8 Å². The number of hydrogen-bond donors (Lipinski definition) is 0. The van der Waals surface area contributed by atoms with E-state index in [-0.39, 0.29) is 11.6 Å². The molecule has 0 unspecified atom stereocenters. The molecular formula is C21H17Br3N6O3. The van der Waals surface area contributed by atoms with Crippen LogP contribution in [0.1, 0.15) is 0 Å². The molecule has 170 valence electrons. The zero-order valence-corrected chi connectivity index (χ0v) is 21.9. The average molecular weight is 641 g/mol. The Bertz CT molecular complexity index is 1170. The number of nitrogens with zero attached hydrogens (tertiary/aromatic N) is 6. The maximum absolute atomic E-state index is 12.4. The van der Waals surface area contributed by atoms with Gasteiger partial charge in [-0.05, 0) is 49.2 Å². The van der Waals surface area contributed by atoms with Gasteiger partial charge in [-0.3, -0.25) is 9.59 Å². The highest BCUT2D eigenvalue weighted by atomic mass is 79.9. The molecule has 33 heavy (non-hydrogen) atoms. The number of aromatic nitrogens is 3. The summed E-state index contributed by atoms with van der Waals surface area (Å²) in [6.07, 6.45) is 3.04. The second-order valence-corrected chi connectivity index (χ2v) is 10.3. The summed E-state index contributed by atoms with van der Waals surface area (Å²) in [4.78, 5) is 30.5. The molecule has 2 aromatic rings. The molecule has 3 aliphatic heterocycles. The third-order valence-corrected chi connectivity index (χ3v) is 6.77. The normalized spacial score (nSPS) is 18.6. The first-order chi connectivity index (χ1) is 15.9. The first kappa shape index (κ1) is 22.5. The van der Waals surface area contributed by atoms with Gasteiger partial charge >= 0.3 is 0 Å². The Balaban J connectivity index is 0.000000139. The van der Waals surface area contributed by atoms with Gasteiger partial charge in [0, 0.05) is 55.9 Å². The van der Waals surface area contributed by atoms with Crippen LogP contribution in [0.25, 0.3) is 0 Å². The largest absolute Gasteiger partial charge is 0.435 e. The molecule has 0 saturated carbocycles. The second kappa shape index (κ2) is 9.15. The quantitative estimate of drug-likeness (QED) is 0.361. The van der Waals surface area contributed by atoms with Gasteiger partial charge in [0.25, 0.3) is 0 Å². The van der Waals surface area contributed by atoms with Gasteiger partial charge in [-0.15, -0.1) is 5.10 Å². The Morgan fingerprint density at radius 1 is 0.848 bits per heavy atom. The predicted octanol–water partition coefficient (Wildman–Crippen LogP) is 3.13. The molecule has 1 aromatic carbocycles. The van der Waals surface area contributed by atoms with E-state index in [0.717, 1.165) is 52.7 Å². The van der Waals surface area contributed by atoms with Crippen LogP contribution < -0.4 is 4.74 Å².